The molecule has 0 radical (unpaired) electrons. The van der Waals surface area contributed by atoms with Crippen LogP contribution in [0.2, 0.25) is 0 Å². The Morgan fingerprint density at radius 3 is 2.33 bits per heavy atom. The number of hydrogen-bond donors (Lipinski definition) is 2. The molecule has 0 aliphatic carbocycles. The summed E-state index contributed by atoms with van der Waals surface area (Å²) in [6.07, 6.45) is 2.48. The van der Waals surface area contributed by atoms with Crippen LogP contribution in [0, 0.1) is 5.82 Å². The number of nitrogens with zero attached hydrogens (tertiary/aromatic N) is 2. The van der Waals surface area contributed by atoms with Crippen LogP contribution < -0.4 is 10.6 Å². The number of piperazine rings is 1. The first-order valence-electron chi connectivity index (χ1n) is 10.2. The van der Waals surface area contributed by atoms with Gasteiger partial charge in [-0.25, -0.2) is 17.6 Å². The number of rotatable bonds is 9. The molecule has 10 heteroatoms. The van der Waals surface area contributed by atoms with Crippen LogP contribution in [0.1, 0.15) is 25.3 Å². The molecule has 1 aliphatic heterocycles. The third-order valence-corrected chi connectivity index (χ3v) is 5.93. The van der Waals surface area contributed by atoms with Crippen LogP contribution in [0.4, 0.5) is 9.18 Å². The molecule has 0 spiro atoms. The molecule has 8 nitrogen and oxygen atoms in total. The van der Waals surface area contributed by atoms with Crippen molar-refractivity contribution in [3.05, 3.63) is 35.6 Å². The summed E-state index contributed by atoms with van der Waals surface area (Å²) >= 11 is 0. The number of amides is 3. The smallest absolute Gasteiger partial charge is 0.315 e. The van der Waals surface area contributed by atoms with Gasteiger partial charge in [0.05, 0.1) is 5.75 Å². The van der Waals surface area contributed by atoms with Crippen LogP contribution in [-0.2, 0) is 21.2 Å². The SMILES string of the molecule is CCCC(NC(=O)NCc1ccc(F)cc1)C(=O)N1CCN(CCS(C)(=O)=O)CC1. The number of carbonyl (C=O) groups excluding carboxylic acids is 2. The predicted octanol–water partition coefficient (Wildman–Crippen LogP) is 0.982. The van der Waals surface area contributed by atoms with E-state index in [9.17, 15) is 22.4 Å². The Hall–Kier alpha value is -2.20. The van der Waals surface area contributed by atoms with Gasteiger partial charge in [-0.1, -0.05) is 25.5 Å². The lowest BCUT2D eigenvalue weighted by Crippen LogP contribution is -2.56. The molecule has 168 valence electrons. The van der Waals surface area contributed by atoms with Gasteiger partial charge in [-0.2, -0.15) is 0 Å². The van der Waals surface area contributed by atoms with Crippen molar-refractivity contribution in [1.29, 1.82) is 0 Å². The van der Waals surface area contributed by atoms with Crippen molar-refractivity contribution in [3.63, 3.8) is 0 Å². The number of halogens is 1. The second kappa shape index (κ2) is 11.3. The lowest BCUT2D eigenvalue weighted by atomic mass is 10.1. The number of sulfone groups is 1. The summed E-state index contributed by atoms with van der Waals surface area (Å²) in [6, 6.07) is 4.77. The lowest BCUT2D eigenvalue weighted by molar-refractivity contribution is -0.135. The number of carbonyl (C=O) groups is 2. The van der Waals surface area contributed by atoms with Crippen LogP contribution in [0.25, 0.3) is 0 Å². The quantitative estimate of drug-likeness (QED) is 0.594. The van der Waals surface area contributed by atoms with Crippen LogP contribution in [0.3, 0.4) is 0 Å². The Balaban J connectivity index is 1.82. The van der Waals surface area contributed by atoms with Crippen molar-refractivity contribution in [2.24, 2.45) is 0 Å². The minimum atomic E-state index is -3.01. The van der Waals surface area contributed by atoms with Gasteiger partial charge in [0.2, 0.25) is 5.91 Å². The van der Waals surface area contributed by atoms with Crippen molar-refractivity contribution < 1.29 is 22.4 Å². The van der Waals surface area contributed by atoms with Gasteiger partial charge >= 0.3 is 6.03 Å². The van der Waals surface area contributed by atoms with Crippen LogP contribution in [0.15, 0.2) is 24.3 Å². The van der Waals surface area contributed by atoms with Crippen molar-refractivity contribution in [2.45, 2.75) is 32.4 Å². The molecular weight excluding hydrogens is 411 g/mol. The van der Waals surface area contributed by atoms with Gasteiger partial charge < -0.3 is 15.5 Å². The highest BCUT2D eigenvalue weighted by Crippen LogP contribution is 2.08. The summed E-state index contributed by atoms with van der Waals surface area (Å²) in [5.41, 5.74) is 0.759. The Morgan fingerprint density at radius 2 is 1.77 bits per heavy atom. The van der Waals surface area contributed by atoms with Gasteiger partial charge in [-0.3, -0.25) is 9.69 Å². The third-order valence-electron chi connectivity index (χ3n) is 5.01. The van der Waals surface area contributed by atoms with Gasteiger partial charge in [0.25, 0.3) is 0 Å². The van der Waals surface area contributed by atoms with Crippen molar-refractivity contribution in [1.82, 2.24) is 20.4 Å². The minimum absolute atomic E-state index is 0.106. The Kier molecular flexibility index (Phi) is 9.04. The lowest BCUT2D eigenvalue weighted by Gasteiger charge is -2.36. The zero-order valence-electron chi connectivity index (χ0n) is 17.6. The molecule has 1 saturated heterocycles. The molecule has 2 rings (SSSR count). The topological polar surface area (TPSA) is 98.8 Å². The monoisotopic (exact) mass is 442 g/mol. The minimum Gasteiger partial charge on any atom is -0.338 e. The normalized spacial score (nSPS) is 16.2. The molecule has 1 heterocycles. The van der Waals surface area contributed by atoms with Gasteiger partial charge in [-0.05, 0) is 24.1 Å². The molecule has 1 atom stereocenters. The Bertz CT molecular complexity index is 809. The molecule has 1 aromatic carbocycles. The molecule has 2 N–H and O–H groups in total. The fourth-order valence-electron chi connectivity index (χ4n) is 3.25. The zero-order chi connectivity index (χ0) is 22.1. The molecule has 1 aliphatic rings. The van der Waals surface area contributed by atoms with Crippen molar-refractivity contribution in [3.8, 4) is 0 Å². The van der Waals surface area contributed by atoms with Gasteiger partial charge in [0, 0.05) is 45.5 Å². The van der Waals surface area contributed by atoms with E-state index in [1.54, 1.807) is 17.0 Å². The van der Waals surface area contributed by atoms with Crippen molar-refractivity contribution in [2.75, 3.05) is 44.7 Å². The van der Waals surface area contributed by atoms with E-state index in [1.807, 2.05) is 11.8 Å². The molecule has 30 heavy (non-hydrogen) atoms. The summed E-state index contributed by atoms with van der Waals surface area (Å²) < 4.78 is 35.6. The highest BCUT2D eigenvalue weighted by molar-refractivity contribution is 7.90. The van der Waals surface area contributed by atoms with Crippen LogP contribution in [-0.4, -0.2) is 80.9 Å². The Labute approximate surface area is 177 Å². The van der Waals surface area contributed by atoms with E-state index in [0.29, 0.717) is 39.1 Å². The average Bonchev–Trinajstić information content (AvgIpc) is 2.71. The van der Waals surface area contributed by atoms with E-state index in [0.717, 1.165) is 12.0 Å². The van der Waals surface area contributed by atoms with Crippen LogP contribution in [0.5, 0.6) is 0 Å². The second-order valence-corrected chi connectivity index (χ2v) is 9.85. The summed E-state index contributed by atoms with van der Waals surface area (Å²) in [6.45, 7) is 4.86. The first kappa shape index (κ1) is 24.1. The first-order chi connectivity index (χ1) is 14.2. The van der Waals surface area contributed by atoms with E-state index in [1.165, 1.54) is 18.4 Å². The maximum absolute atomic E-state index is 13.0. The molecule has 1 fully saturated rings. The second-order valence-electron chi connectivity index (χ2n) is 7.59. The third kappa shape index (κ3) is 8.27. The number of hydrogen-bond acceptors (Lipinski definition) is 5. The summed E-state index contributed by atoms with van der Waals surface area (Å²) in [4.78, 5) is 28.9. The average molecular weight is 443 g/mol. The number of benzene rings is 1. The summed E-state index contributed by atoms with van der Waals surface area (Å²) in [5.74, 6) is -0.361. The van der Waals surface area contributed by atoms with Gasteiger partial charge in [0.15, 0.2) is 0 Å². The standard InChI is InChI=1S/C20H31FN4O4S/c1-3-4-18(23-20(27)22-15-16-5-7-17(21)8-6-16)19(26)25-11-9-24(10-12-25)13-14-30(2,28)29/h5-8,18H,3-4,9-15H2,1-2H3,(H2,22,23,27). The van der Waals surface area contributed by atoms with E-state index >= 15 is 0 Å². The van der Waals surface area contributed by atoms with E-state index in [4.69, 9.17) is 0 Å². The Morgan fingerprint density at radius 1 is 1.13 bits per heavy atom. The maximum Gasteiger partial charge on any atom is 0.315 e. The summed E-state index contributed by atoms with van der Waals surface area (Å²) in [5, 5.41) is 5.44. The fraction of sp³-hybridized carbons (Fsp3) is 0.600. The first-order valence-corrected chi connectivity index (χ1v) is 12.2. The van der Waals surface area contributed by atoms with E-state index in [2.05, 4.69) is 10.6 Å². The highest BCUT2D eigenvalue weighted by Gasteiger charge is 2.28. The molecule has 1 aromatic rings. The maximum atomic E-state index is 13.0. The number of nitrogens with one attached hydrogen (secondary N) is 2. The molecular formula is C20H31FN4O4S. The molecule has 0 bridgehead atoms. The highest BCUT2D eigenvalue weighted by atomic mass is 32.2. The fourth-order valence-corrected chi connectivity index (χ4v) is 3.84. The molecule has 3 amide bonds. The van der Waals surface area contributed by atoms with Gasteiger partial charge in [-0.15, -0.1) is 0 Å². The molecule has 0 aromatic heterocycles. The van der Waals surface area contributed by atoms with Gasteiger partial charge in [0.1, 0.15) is 21.7 Å². The van der Waals surface area contributed by atoms with E-state index < -0.39 is 21.9 Å². The van der Waals surface area contributed by atoms with Crippen LogP contribution >= 0.6 is 0 Å². The van der Waals surface area contributed by atoms with Crippen molar-refractivity contribution >= 4 is 21.8 Å². The number of urea groups is 1. The molecule has 1 unspecified atom stereocenters. The largest absolute Gasteiger partial charge is 0.338 e. The van der Waals surface area contributed by atoms with E-state index in [-0.39, 0.29) is 24.0 Å². The predicted molar refractivity (Wildman–Crippen MR) is 113 cm³/mol. The zero-order valence-corrected chi connectivity index (χ0v) is 18.4. The summed E-state index contributed by atoms with van der Waals surface area (Å²) in [7, 11) is -3.01. The molecule has 0 saturated carbocycles.